The molecule has 2 aliphatic rings. The average molecular weight is 445 g/mol. The Balaban J connectivity index is 1.14. The highest BCUT2D eigenvalue weighted by atomic mass is 16.2. The summed E-state index contributed by atoms with van der Waals surface area (Å²) >= 11 is 0. The summed E-state index contributed by atoms with van der Waals surface area (Å²) in [6, 6.07) is 15.5. The Morgan fingerprint density at radius 3 is 2.64 bits per heavy atom. The lowest BCUT2D eigenvalue weighted by molar-refractivity contribution is -0.125. The van der Waals surface area contributed by atoms with Gasteiger partial charge in [-0.3, -0.25) is 14.2 Å². The van der Waals surface area contributed by atoms with Crippen LogP contribution >= 0.6 is 0 Å². The lowest BCUT2D eigenvalue weighted by Gasteiger charge is -2.32. The zero-order valence-corrected chi connectivity index (χ0v) is 18.6. The molecule has 1 amide bonds. The summed E-state index contributed by atoms with van der Waals surface area (Å²) in [6.45, 7) is 2.30. The van der Waals surface area contributed by atoms with Gasteiger partial charge in [-0.15, -0.1) is 10.2 Å². The number of benzene rings is 1. The Bertz CT molecular complexity index is 1160. The first kappa shape index (κ1) is 21.3. The fourth-order valence-corrected chi connectivity index (χ4v) is 4.31. The third kappa shape index (κ3) is 5.10. The number of piperidine rings is 1. The molecule has 1 saturated carbocycles. The van der Waals surface area contributed by atoms with Crippen molar-refractivity contribution < 1.29 is 4.79 Å². The molecule has 33 heavy (non-hydrogen) atoms. The number of amides is 1. The fourth-order valence-electron chi connectivity index (χ4n) is 4.31. The number of nitrogens with zero attached hydrogens (tertiary/aromatic N) is 5. The maximum Gasteiger partial charge on any atom is 0.253 e. The van der Waals surface area contributed by atoms with E-state index in [4.69, 9.17) is 0 Å². The van der Waals surface area contributed by atoms with E-state index in [1.165, 1.54) is 0 Å². The number of aromatic nitrogens is 4. The van der Waals surface area contributed by atoms with Crippen LogP contribution in [0.5, 0.6) is 0 Å². The second kappa shape index (κ2) is 9.52. The van der Waals surface area contributed by atoms with Crippen molar-refractivity contribution in [2.75, 3.05) is 24.5 Å². The SMILES string of the molecule is O=C(NCCn1cnc(C2CC2)cc1=O)C1CCCN(c2ccc(-c3ccccc3)nn2)C1. The number of anilines is 1. The third-order valence-electron chi connectivity index (χ3n) is 6.38. The summed E-state index contributed by atoms with van der Waals surface area (Å²) in [4.78, 5) is 31.5. The summed E-state index contributed by atoms with van der Waals surface area (Å²) in [5.74, 6) is 1.16. The number of carbonyl (C=O) groups is 1. The molecule has 1 unspecified atom stereocenters. The van der Waals surface area contributed by atoms with Crippen molar-refractivity contribution in [3.8, 4) is 11.3 Å². The molecule has 1 N–H and O–H groups in total. The smallest absolute Gasteiger partial charge is 0.253 e. The predicted molar refractivity (Wildman–Crippen MR) is 126 cm³/mol. The van der Waals surface area contributed by atoms with Crippen molar-refractivity contribution in [3.05, 3.63) is 70.9 Å². The summed E-state index contributed by atoms with van der Waals surface area (Å²) in [6.07, 6.45) is 5.60. The first-order chi connectivity index (χ1) is 16.2. The van der Waals surface area contributed by atoms with Crippen molar-refractivity contribution in [3.63, 3.8) is 0 Å². The molecule has 3 aromatic rings. The minimum atomic E-state index is -0.110. The van der Waals surface area contributed by atoms with Gasteiger partial charge in [-0.1, -0.05) is 30.3 Å². The summed E-state index contributed by atoms with van der Waals surface area (Å²) in [7, 11) is 0. The van der Waals surface area contributed by atoms with Gasteiger partial charge >= 0.3 is 0 Å². The molecule has 1 aliphatic carbocycles. The van der Waals surface area contributed by atoms with Gasteiger partial charge in [0.25, 0.3) is 5.56 Å². The molecule has 1 saturated heterocycles. The second-order valence-electron chi connectivity index (χ2n) is 8.84. The van der Waals surface area contributed by atoms with Crippen molar-refractivity contribution >= 4 is 11.7 Å². The zero-order valence-electron chi connectivity index (χ0n) is 18.6. The summed E-state index contributed by atoms with van der Waals surface area (Å²) < 4.78 is 1.56. The Morgan fingerprint density at radius 1 is 1.06 bits per heavy atom. The molecular weight excluding hydrogens is 416 g/mol. The second-order valence-corrected chi connectivity index (χ2v) is 8.84. The molecule has 5 rings (SSSR count). The maximum atomic E-state index is 12.8. The van der Waals surface area contributed by atoms with E-state index in [0.717, 1.165) is 55.0 Å². The lowest BCUT2D eigenvalue weighted by Crippen LogP contribution is -2.44. The summed E-state index contributed by atoms with van der Waals surface area (Å²) in [5.41, 5.74) is 2.70. The molecule has 2 fully saturated rings. The molecule has 8 heteroatoms. The Morgan fingerprint density at radius 2 is 1.91 bits per heavy atom. The maximum absolute atomic E-state index is 12.8. The van der Waals surface area contributed by atoms with Gasteiger partial charge in [0, 0.05) is 43.7 Å². The number of hydrogen-bond donors (Lipinski definition) is 1. The van der Waals surface area contributed by atoms with Crippen LogP contribution < -0.4 is 15.8 Å². The van der Waals surface area contributed by atoms with Crippen LogP contribution in [0.4, 0.5) is 5.82 Å². The number of nitrogens with one attached hydrogen (secondary N) is 1. The topological polar surface area (TPSA) is 93.0 Å². The first-order valence-corrected chi connectivity index (χ1v) is 11.7. The largest absolute Gasteiger partial charge is 0.354 e. The van der Waals surface area contributed by atoms with Gasteiger partial charge in [0.15, 0.2) is 5.82 Å². The fraction of sp³-hybridized carbons (Fsp3) is 0.400. The van der Waals surface area contributed by atoms with E-state index in [2.05, 4.69) is 25.4 Å². The molecule has 1 aromatic carbocycles. The van der Waals surface area contributed by atoms with Crippen molar-refractivity contribution in [2.24, 2.45) is 5.92 Å². The van der Waals surface area contributed by atoms with E-state index in [0.29, 0.717) is 25.6 Å². The molecule has 0 radical (unpaired) electrons. The van der Waals surface area contributed by atoms with Crippen LogP contribution in [0.25, 0.3) is 11.3 Å². The minimum Gasteiger partial charge on any atom is -0.354 e. The Kier molecular flexibility index (Phi) is 6.15. The zero-order chi connectivity index (χ0) is 22.6. The van der Waals surface area contributed by atoms with Gasteiger partial charge in [-0.25, -0.2) is 4.98 Å². The van der Waals surface area contributed by atoms with E-state index in [9.17, 15) is 9.59 Å². The van der Waals surface area contributed by atoms with Gasteiger partial charge in [-0.05, 0) is 37.8 Å². The van der Waals surface area contributed by atoms with E-state index in [1.807, 2.05) is 42.5 Å². The molecule has 3 heterocycles. The van der Waals surface area contributed by atoms with Crippen LogP contribution in [-0.4, -0.2) is 45.3 Å². The highest BCUT2D eigenvalue weighted by molar-refractivity contribution is 5.79. The van der Waals surface area contributed by atoms with Crippen LogP contribution in [0.3, 0.4) is 0 Å². The van der Waals surface area contributed by atoms with E-state index >= 15 is 0 Å². The molecule has 0 spiro atoms. The molecule has 2 aromatic heterocycles. The summed E-state index contributed by atoms with van der Waals surface area (Å²) in [5, 5.41) is 11.8. The van der Waals surface area contributed by atoms with Crippen molar-refractivity contribution in [2.45, 2.75) is 38.1 Å². The number of hydrogen-bond acceptors (Lipinski definition) is 6. The van der Waals surface area contributed by atoms with Crippen molar-refractivity contribution in [1.29, 1.82) is 0 Å². The van der Waals surface area contributed by atoms with Gasteiger partial charge in [-0.2, -0.15) is 0 Å². The van der Waals surface area contributed by atoms with Gasteiger partial charge in [0.05, 0.1) is 23.6 Å². The van der Waals surface area contributed by atoms with Crippen LogP contribution in [0.2, 0.25) is 0 Å². The van der Waals surface area contributed by atoms with Crippen molar-refractivity contribution in [1.82, 2.24) is 25.1 Å². The molecule has 8 nitrogen and oxygen atoms in total. The Labute approximate surface area is 192 Å². The number of rotatable bonds is 7. The predicted octanol–water partition coefficient (Wildman–Crippen LogP) is 2.61. The molecule has 0 bridgehead atoms. The van der Waals surface area contributed by atoms with E-state index < -0.39 is 0 Å². The first-order valence-electron chi connectivity index (χ1n) is 11.7. The normalized spacial score (nSPS) is 18.2. The minimum absolute atomic E-state index is 0.0178. The third-order valence-corrected chi connectivity index (χ3v) is 6.38. The monoisotopic (exact) mass is 444 g/mol. The highest BCUT2D eigenvalue weighted by Gasteiger charge is 2.27. The van der Waals surface area contributed by atoms with Crippen LogP contribution in [0, 0.1) is 5.92 Å². The molecule has 1 aliphatic heterocycles. The van der Waals surface area contributed by atoms with Crippen LogP contribution in [0.15, 0.2) is 59.7 Å². The average Bonchev–Trinajstić information content (AvgIpc) is 3.71. The quantitative estimate of drug-likeness (QED) is 0.602. The highest BCUT2D eigenvalue weighted by Crippen LogP contribution is 2.38. The van der Waals surface area contributed by atoms with Crippen LogP contribution in [-0.2, 0) is 11.3 Å². The Hall–Kier alpha value is -3.55. The standard InChI is InChI=1S/C25H28N6O2/c32-24-15-22(19-8-9-19)27-17-31(24)14-12-26-25(33)20-7-4-13-30(16-20)23-11-10-21(28-29-23)18-5-2-1-3-6-18/h1-3,5-6,10-11,15,17,19-20H,4,7-9,12-14,16H2,(H,26,33). The number of carbonyl (C=O) groups excluding carboxylic acids is 1. The van der Waals surface area contributed by atoms with Gasteiger partial charge in [0.2, 0.25) is 5.91 Å². The van der Waals surface area contributed by atoms with E-state index in [1.54, 1.807) is 17.0 Å². The molecule has 170 valence electrons. The molecule has 1 atom stereocenters. The van der Waals surface area contributed by atoms with Crippen LogP contribution in [0.1, 0.15) is 37.3 Å². The van der Waals surface area contributed by atoms with Gasteiger partial charge in [0.1, 0.15) is 0 Å². The molecular formula is C25H28N6O2. The van der Waals surface area contributed by atoms with E-state index in [-0.39, 0.29) is 17.4 Å². The van der Waals surface area contributed by atoms with Gasteiger partial charge < -0.3 is 10.2 Å². The lowest BCUT2D eigenvalue weighted by atomic mass is 9.97.